The van der Waals surface area contributed by atoms with Crippen molar-refractivity contribution in [3.63, 3.8) is 0 Å². The van der Waals surface area contributed by atoms with Crippen LogP contribution in [-0.2, 0) is 4.79 Å². The Balaban J connectivity index is 2.26. The molecule has 0 radical (unpaired) electrons. The van der Waals surface area contributed by atoms with Crippen molar-refractivity contribution < 1.29 is 4.79 Å². The molecule has 0 unspecified atom stereocenters. The maximum absolute atomic E-state index is 11.6. The summed E-state index contributed by atoms with van der Waals surface area (Å²) in [6.07, 6.45) is 3.56. The third kappa shape index (κ3) is 1.50. The molecule has 3 nitrogen and oxygen atoms in total. The highest BCUT2D eigenvalue weighted by molar-refractivity contribution is 8.01. The number of hydrogen-bond donors (Lipinski definition) is 0. The number of pyridine rings is 1. The second kappa shape index (κ2) is 3.61. The maximum atomic E-state index is 11.6. The number of carbonyl (C=O) groups is 1. The van der Waals surface area contributed by atoms with Gasteiger partial charge in [0.1, 0.15) is 5.37 Å². The van der Waals surface area contributed by atoms with Crippen LogP contribution in [0, 0.1) is 0 Å². The smallest absolute Gasteiger partial charge is 0.236 e. The standard InChI is InChI=1S/C10H12N2OS/c1-7-9(13)12(2)10(14-7)8-4-3-5-11-6-8/h3-7,10H,1-2H3/t7-,10-/m0/s1. The summed E-state index contributed by atoms with van der Waals surface area (Å²) < 4.78 is 0. The maximum Gasteiger partial charge on any atom is 0.236 e. The van der Waals surface area contributed by atoms with Gasteiger partial charge in [-0.1, -0.05) is 6.07 Å². The Hall–Kier alpha value is -1.03. The van der Waals surface area contributed by atoms with Crippen LogP contribution in [0.25, 0.3) is 0 Å². The molecule has 0 spiro atoms. The van der Waals surface area contributed by atoms with Gasteiger partial charge < -0.3 is 4.90 Å². The van der Waals surface area contributed by atoms with Crippen molar-refractivity contribution in [3.8, 4) is 0 Å². The van der Waals surface area contributed by atoms with Crippen molar-refractivity contribution in [2.75, 3.05) is 7.05 Å². The molecule has 0 N–H and O–H groups in total. The van der Waals surface area contributed by atoms with Gasteiger partial charge in [0.05, 0.1) is 5.25 Å². The zero-order chi connectivity index (χ0) is 10.1. The van der Waals surface area contributed by atoms with Crippen molar-refractivity contribution in [1.82, 2.24) is 9.88 Å². The highest BCUT2D eigenvalue weighted by Gasteiger charge is 2.35. The summed E-state index contributed by atoms with van der Waals surface area (Å²) in [5.41, 5.74) is 1.10. The minimum absolute atomic E-state index is 0.0604. The molecular weight excluding hydrogens is 196 g/mol. The molecule has 4 heteroatoms. The monoisotopic (exact) mass is 208 g/mol. The van der Waals surface area contributed by atoms with Gasteiger partial charge in [0, 0.05) is 25.0 Å². The van der Waals surface area contributed by atoms with E-state index in [9.17, 15) is 4.79 Å². The molecular formula is C10H12N2OS. The van der Waals surface area contributed by atoms with Gasteiger partial charge >= 0.3 is 0 Å². The van der Waals surface area contributed by atoms with Crippen molar-refractivity contribution in [2.24, 2.45) is 0 Å². The summed E-state index contributed by atoms with van der Waals surface area (Å²) in [5, 5.41) is 0.191. The van der Waals surface area contributed by atoms with Crippen molar-refractivity contribution in [2.45, 2.75) is 17.5 Å². The molecule has 1 saturated heterocycles. The van der Waals surface area contributed by atoms with Gasteiger partial charge in [-0.05, 0) is 13.0 Å². The van der Waals surface area contributed by atoms with E-state index in [1.807, 2.05) is 32.3 Å². The Morgan fingerprint density at radius 1 is 1.57 bits per heavy atom. The normalized spacial score (nSPS) is 27.0. The number of aromatic nitrogens is 1. The van der Waals surface area contributed by atoms with E-state index in [1.165, 1.54) is 0 Å². The highest BCUT2D eigenvalue weighted by atomic mass is 32.2. The minimum Gasteiger partial charge on any atom is -0.329 e. The molecule has 2 atom stereocenters. The van der Waals surface area contributed by atoms with E-state index in [0.29, 0.717) is 0 Å². The Bertz CT molecular complexity index is 341. The molecule has 2 rings (SSSR count). The molecule has 1 aromatic rings. The van der Waals surface area contributed by atoms with Crippen LogP contribution in [0.15, 0.2) is 24.5 Å². The fourth-order valence-corrected chi connectivity index (χ4v) is 2.82. The van der Waals surface area contributed by atoms with Crippen LogP contribution < -0.4 is 0 Å². The van der Waals surface area contributed by atoms with E-state index < -0.39 is 0 Å². The number of amides is 1. The van der Waals surface area contributed by atoms with E-state index in [0.717, 1.165) is 5.56 Å². The summed E-state index contributed by atoms with van der Waals surface area (Å²) in [4.78, 5) is 17.4. The molecule has 1 aliphatic heterocycles. The average Bonchev–Trinajstić information content (AvgIpc) is 2.47. The third-order valence-electron chi connectivity index (χ3n) is 2.35. The fourth-order valence-electron chi connectivity index (χ4n) is 1.57. The minimum atomic E-state index is 0.0604. The average molecular weight is 208 g/mol. The number of hydrogen-bond acceptors (Lipinski definition) is 3. The molecule has 0 bridgehead atoms. The van der Waals surface area contributed by atoms with E-state index in [1.54, 1.807) is 22.9 Å². The van der Waals surface area contributed by atoms with Gasteiger partial charge in [-0.3, -0.25) is 9.78 Å². The van der Waals surface area contributed by atoms with Gasteiger partial charge in [0.2, 0.25) is 5.91 Å². The fraction of sp³-hybridized carbons (Fsp3) is 0.400. The summed E-state index contributed by atoms with van der Waals surface area (Å²) in [6, 6.07) is 3.91. The van der Waals surface area contributed by atoms with Crippen LogP contribution in [-0.4, -0.2) is 28.1 Å². The molecule has 14 heavy (non-hydrogen) atoms. The van der Waals surface area contributed by atoms with Gasteiger partial charge in [-0.15, -0.1) is 11.8 Å². The van der Waals surface area contributed by atoms with Crippen molar-refractivity contribution >= 4 is 17.7 Å². The van der Waals surface area contributed by atoms with Crippen LogP contribution in [0.4, 0.5) is 0 Å². The Labute approximate surface area is 87.5 Å². The lowest BCUT2D eigenvalue weighted by molar-refractivity contribution is -0.128. The molecule has 1 aliphatic rings. The zero-order valence-electron chi connectivity index (χ0n) is 8.18. The molecule has 0 aromatic carbocycles. The van der Waals surface area contributed by atoms with E-state index in [4.69, 9.17) is 0 Å². The first-order valence-corrected chi connectivity index (χ1v) is 5.46. The summed E-state index contributed by atoms with van der Waals surface area (Å²) >= 11 is 1.67. The van der Waals surface area contributed by atoms with Crippen LogP contribution in [0.5, 0.6) is 0 Å². The van der Waals surface area contributed by atoms with Gasteiger partial charge in [-0.25, -0.2) is 0 Å². The molecule has 1 amide bonds. The van der Waals surface area contributed by atoms with E-state index in [-0.39, 0.29) is 16.5 Å². The first-order chi connectivity index (χ1) is 6.70. The molecule has 1 aromatic heterocycles. The Kier molecular flexibility index (Phi) is 2.46. The summed E-state index contributed by atoms with van der Waals surface area (Å²) in [7, 11) is 1.84. The first kappa shape index (κ1) is 9.52. The number of rotatable bonds is 1. The lowest BCUT2D eigenvalue weighted by atomic mass is 10.2. The first-order valence-electron chi connectivity index (χ1n) is 4.52. The molecule has 0 aliphatic carbocycles. The Morgan fingerprint density at radius 3 is 2.86 bits per heavy atom. The summed E-state index contributed by atoms with van der Waals surface area (Å²) in [5.74, 6) is 0.198. The summed E-state index contributed by atoms with van der Waals surface area (Å²) in [6.45, 7) is 1.94. The largest absolute Gasteiger partial charge is 0.329 e. The number of thioether (sulfide) groups is 1. The molecule has 2 heterocycles. The lowest BCUT2D eigenvalue weighted by Crippen LogP contribution is -2.25. The zero-order valence-corrected chi connectivity index (χ0v) is 8.99. The topological polar surface area (TPSA) is 33.2 Å². The number of carbonyl (C=O) groups excluding carboxylic acids is 1. The molecule has 74 valence electrons. The predicted octanol–water partition coefficient (Wildman–Crippen LogP) is 1.67. The van der Waals surface area contributed by atoms with Crippen LogP contribution in [0.2, 0.25) is 0 Å². The van der Waals surface area contributed by atoms with E-state index >= 15 is 0 Å². The second-order valence-corrected chi connectivity index (χ2v) is 4.79. The van der Waals surface area contributed by atoms with Crippen molar-refractivity contribution in [3.05, 3.63) is 30.1 Å². The van der Waals surface area contributed by atoms with Gasteiger partial charge in [0.25, 0.3) is 0 Å². The Morgan fingerprint density at radius 2 is 2.36 bits per heavy atom. The van der Waals surface area contributed by atoms with Gasteiger partial charge in [0.15, 0.2) is 0 Å². The SMILES string of the molecule is C[C@@H]1S[C@@H](c2cccnc2)N(C)C1=O. The molecule has 0 saturated carbocycles. The number of nitrogens with zero attached hydrogens (tertiary/aromatic N) is 2. The third-order valence-corrected chi connectivity index (χ3v) is 3.81. The molecule has 1 fully saturated rings. The van der Waals surface area contributed by atoms with Crippen molar-refractivity contribution in [1.29, 1.82) is 0 Å². The second-order valence-electron chi connectivity index (χ2n) is 3.37. The quantitative estimate of drug-likeness (QED) is 0.704. The highest BCUT2D eigenvalue weighted by Crippen LogP contribution is 2.41. The predicted molar refractivity (Wildman–Crippen MR) is 56.8 cm³/mol. The van der Waals surface area contributed by atoms with Crippen LogP contribution >= 0.6 is 11.8 Å². The van der Waals surface area contributed by atoms with Crippen LogP contribution in [0.3, 0.4) is 0 Å². The van der Waals surface area contributed by atoms with Gasteiger partial charge in [-0.2, -0.15) is 0 Å². The van der Waals surface area contributed by atoms with Crippen LogP contribution in [0.1, 0.15) is 17.9 Å². The van der Waals surface area contributed by atoms with E-state index in [2.05, 4.69) is 4.98 Å². The lowest BCUT2D eigenvalue weighted by Gasteiger charge is -2.18.